The van der Waals surface area contributed by atoms with Crippen LogP contribution in [0.15, 0.2) is 54.9 Å². The van der Waals surface area contributed by atoms with Crippen molar-refractivity contribution >= 4 is 11.6 Å². The second-order valence-electron chi connectivity index (χ2n) is 7.39. The molecule has 0 spiro atoms. The van der Waals surface area contributed by atoms with Gasteiger partial charge >= 0.3 is 5.97 Å². The fourth-order valence-electron chi connectivity index (χ4n) is 2.88. The Bertz CT molecular complexity index is 895. The van der Waals surface area contributed by atoms with Crippen molar-refractivity contribution in [3.05, 3.63) is 71.7 Å². The summed E-state index contributed by atoms with van der Waals surface area (Å²) in [5.41, 5.74) is 3.38. The average molecular weight is 351 g/mol. The summed E-state index contributed by atoms with van der Waals surface area (Å²) in [4.78, 5) is 17.2. The molecule has 26 heavy (non-hydrogen) atoms. The Morgan fingerprint density at radius 3 is 2.62 bits per heavy atom. The average Bonchev–Trinajstić information content (AvgIpc) is 2.99. The zero-order valence-electron chi connectivity index (χ0n) is 15.7. The number of carbonyl (C=O) groups is 1. The van der Waals surface area contributed by atoms with E-state index in [1.54, 1.807) is 0 Å². The van der Waals surface area contributed by atoms with Gasteiger partial charge < -0.3 is 9.14 Å². The SMILES string of the molecule is Cc1cccn2c(CN[C@@H](C(=O)OC(C)(C)C)c3ccccc3)cnc12. The number of pyridine rings is 1. The van der Waals surface area contributed by atoms with Crippen LogP contribution in [0.4, 0.5) is 0 Å². The third kappa shape index (κ3) is 4.11. The molecule has 2 heterocycles. The van der Waals surface area contributed by atoms with E-state index >= 15 is 0 Å². The lowest BCUT2D eigenvalue weighted by Crippen LogP contribution is -2.35. The van der Waals surface area contributed by atoms with E-state index in [9.17, 15) is 4.79 Å². The van der Waals surface area contributed by atoms with Crippen molar-refractivity contribution in [1.82, 2.24) is 14.7 Å². The molecular weight excluding hydrogens is 326 g/mol. The van der Waals surface area contributed by atoms with Gasteiger partial charge in [-0.1, -0.05) is 36.4 Å². The van der Waals surface area contributed by atoms with Gasteiger partial charge in [0.2, 0.25) is 0 Å². The van der Waals surface area contributed by atoms with Gasteiger partial charge in [0.15, 0.2) is 0 Å². The Labute approximate surface area is 154 Å². The van der Waals surface area contributed by atoms with Crippen molar-refractivity contribution < 1.29 is 9.53 Å². The van der Waals surface area contributed by atoms with Crippen LogP contribution in [0.25, 0.3) is 5.65 Å². The molecule has 1 aromatic carbocycles. The summed E-state index contributed by atoms with van der Waals surface area (Å²) in [6, 6.07) is 13.1. The molecule has 2 aromatic heterocycles. The van der Waals surface area contributed by atoms with Crippen molar-refractivity contribution in [3.8, 4) is 0 Å². The highest BCUT2D eigenvalue weighted by Crippen LogP contribution is 2.20. The number of esters is 1. The molecule has 0 radical (unpaired) electrons. The number of ether oxygens (including phenoxy) is 1. The van der Waals surface area contributed by atoms with Crippen LogP contribution in [0.2, 0.25) is 0 Å². The number of nitrogens with one attached hydrogen (secondary N) is 1. The van der Waals surface area contributed by atoms with E-state index in [1.807, 2.05) is 87.0 Å². The van der Waals surface area contributed by atoms with Crippen molar-refractivity contribution in [3.63, 3.8) is 0 Å². The maximum absolute atomic E-state index is 12.7. The number of carbonyl (C=O) groups excluding carboxylic acids is 1. The number of hydrogen-bond acceptors (Lipinski definition) is 4. The second-order valence-corrected chi connectivity index (χ2v) is 7.39. The largest absolute Gasteiger partial charge is 0.459 e. The summed E-state index contributed by atoms with van der Waals surface area (Å²) in [6.07, 6.45) is 3.82. The first-order valence-electron chi connectivity index (χ1n) is 8.78. The number of imidazole rings is 1. The second kappa shape index (κ2) is 7.30. The maximum atomic E-state index is 12.7. The van der Waals surface area contributed by atoms with Crippen LogP contribution < -0.4 is 5.32 Å². The van der Waals surface area contributed by atoms with Gasteiger partial charge in [-0.15, -0.1) is 0 Å². The van der Waals surface area contributed by atoms with Crippen molar-refractivity contribution in [2.45, 2.75) is 45.9 Å². The first-order valence-corrected chi connectivity index (χ1v) is 8.78. The molecule has 0 amide bonds. The summed E-state index contributed by atoms with van der Waals surface area (Å²) in [5, 5.41) is 3.34. The van der Waals surface area contributed by atoms with Crippen LogP contribution in [0, 0.1) is 6.92 Å². The fraction of sp³-hybridized carbons (Fsp3) is 0.333. The van der Waals surface area contributed by atoms with Gasteiger partial charge in [0.25, 0.3) is 0 Å². The number of hydrogen-bond donors (Lipinski definition) is 1. The summed E-state index contributed by atoms with van der Waals surface area (Å²) in [5.74, 6) is -0.284. The van der Waals surface area contributed by atoms with Gasteiger partial charge in [0.1, 0.15) is 17.3 Å². The quantitative estimate of drug-likeness (QED) is 0.710. The Morgan fingerprint density at radius 2 is 1.92 bits per heavy atom. The molecule has 1 N–H and O–H groups in total. The predicted octanol–water partition coefficient (Wildman–Crippen LogP) is 3.82. The molecule has 0 saturated carbocycles. The van der Waals surface area contributed by atoms with Crippen LogP contribution in [-0.2, 0) is 16.1 Å². The highest BCUT2D eigenvalue weighted by molar-refractivity contribution is 5.78. The van der Waals surface area contributed by atoms with E-state index < -0.39 is 11.6 Å². The number of benzene rings is 1. The van der Waals surface area contributed by atoms with Gasteiger partial charge in [0, 0.05) is 12.7 Å². The van der Waals surface area contributed by atoms with E-state index in [2.05, 4.69) is 10.3 Å². The monoisotopic (exact) mass is 351 g/mol. The minimum atomic E-state index is -0.536. The van der Waals surface area contributed by atoms with Crippen LogP contribution in [-0.4, -0.2) is 21.0 Å². The topological polar surface area (TPSA) is 55.6 Å². The third-order valence-corrected chi connectivity index (χ3v) is 4.07. The highest BCUT2D eigenvalue weighted by atomic mass is 16.6. The number of aromatic nitrogens is 2. The number of nitrogens with zero attached hydrogens (tertiary/aromatic N) is 2. The molecule has 0 saturated heterocycles. The van der Waals surface area contributed by atoms with Crippen molar-refractivity contribution in [1.29, 1.82) is 0 Å². The molecule has 3 rings (SSSR count). The molecule has 136 valence electrons. The normalized spacial score (nSPS) is 12.9. The minimum Gasteiger partial charge on any atom is -0.459 e. The molecule has 0 aliphatic heterocycles. The molecule has 0 fully saturated rings. The summed E-state index contributed by atoms with van der Waals surface area (Å²) < 4.78 is 7.65. The lowest BCUT2D eigenvalue weighted by atomic mass is 10.1. The molecule has 5 nitrogen and oxygen atoms in total. The third-order valence-electron chi connectivity index (χ3n) is 4.07. The Kier molecular flexibility index (Phi) is 5.09. The maximum Gasteiger partial charge on any atom is 0.328 e. The van der Waals surface area contributed by atoms with Crippen LogP contribution >= 0.6 is 0 Å². The smallest absolute Gasteiger partial charge is 0.328 e. The van der Waals surface area contributed by atoms with Gasteiger partial charge in [0.05, 0.1) is 11.9 Å². The minimum absolute atomic E-state index is 0.284. The zero-order chi connectivity index (χ0) is 18.7. The van der Waals surface area contributed by atoms with E-state index in [0.717, 1.165) is 22.5 Å². The van der Waals surface area contributed by atoms with Crippen LogP contribution in [0.1, 0.15) is 43.6 Å². The van der Waals surface area contributed by atoms with Gasteiger partial charge in [-0.2, -0.15) is 0 Å². The molecule has 0 unspecified atom stereocenters. The first kappa shape index (κ1) is 18.1. The van der Waals surface area contributed by atoms with E-state index in [-0.39, 0.29) is 5.97 Å². The molecule has 1 atom stereocenters. The number of fused-ring (bicyclic) bond motifs is 1. The standard InChI is InChI=1S/C21H25N3O2/c1-15-9-8-12-24-17(14-23-19(15)24)13-22-18(16-10-6-5-7-11-16)20(25)26-21(2,3)4/h5-12,14,18,22H,13H2,1-4H3/t18-/m1/s1. The lowest BCUT2D eigenvalue weighted by molar-refractivity contribution is -0.157. The van der Waals surface area contributed by atoms with E-state index in [4.69, 9.17) is 4.74 Å². The van der Waals surface area contributed by atoms with Gasteiger partial charge in [-0.25, -0.2) is 9.78 Å². The highest BCUT2D eigenvalue weighted by Gasteiger charge is 2.26. The van der Waals surface area contributed by atoms with Crippen LogP contribution in [0.3, 0.4) is 0 Å². The Morgan fingerprint density at radius 1 is 1.19 bits per heavy atom. The zero-order valence-corrected chi connectivity index (χ0v) is 15.7. The number of rotatable bonds is 5. The molecule has 0 aliphatic carbocycles. The first-order chi connectivity index (χ1) is 12.3. The summed E-state index contributed by atoms with van der Waals surface area (Å²) in [6.45, 7) is 8.16. The van der Waals surface area contributed by atoms with Crippen LogP contribution in [0.5, 0.6) is 0 Å². The van der Waals surface area contributed by atoms with Gasteiger partial charge in [-0.3, -0.25) is 5.32 Å². The molecule has 0 aliphatic rings. The van der Waals surface area contributed by atoms with Gasteiger partial charge in [-0.05, 0) is 44.9 Å². The fourth-order valence-corrected chi connectivity index (χ4v) is 2.88. The van der Waals surface area contributed by atoms with Crippen molar-refractivity contribution in [2.75, 3.05) is 0 Å². The molecule has 0 bridgehead atoms. The lowest BCUT2D eigenvalue weighted by Gasteiger charge is -2.25. The van der Waals surface area contributed by atoms with Crippen molar-refractivity contribution in [2.24, 2.45) is 0 Å². The van der Waals surface area contributed by atoms with E-state index in [1.165, 1.54) is 0 Å². The Balaban J connectivity index is 1.83. The predicted molar refractivity (Wildman–Crippen MR) is 102 cm³/mol. The molecular formula is C21H25N3O2. The summed E-state index contributed by atoms with van der Waals surface area (Å²) in [7, 11) is 0. The Hall–Kier alpha value is -2.66. The van der Waals surface area contributed by atoms with E-state index in [0.29, 0.717) is 6.54 Å². The summed E-state index contributed by atoms with van der Waals surface area (Å²) >= 11 is 0. The molecule has 5 heteroatoms. The molecule has 3 aromatic rings. The number of aryl methyl sites for hydroxylation is 1.